The first-order valence-corrected chi connectivity index (χ1v) is 14.5. The average Bonchev–Trinajstić information content (AvgIpc) is 3.00. The summed E-state index contributed by atoms with van der Waals surface area (Å²) in [6, 6.07) is 12.7. The van der Waals surface area contributed by atoms with Crippen LogP contribution >= 0.6 is 0 Å². The van der Waals surface area contributed by atoms with Crippen molar-refractivity contribution in [2.24, 2.45) is 22.4 Å². The van der Waals surface area contributed by atoms with Crippen LogP contribution in [-0.4, -0.2) is 71.0 Å². The molecule has 0 fully saturated rings. The van der Waals surface area contributed by atoms with Crippen LogP contribution in [-0.2, 0) is 32.0 Å². The number of nitrogens with one attached hydrogen (secondary N) is 3. The number of carbonyl (C=O) groups is 4. The lowest BCUT2D eigenvalue weighted by Gasteiger charge is -2.28. The third-order valence-corrected chi connectivity index (χ3v) is 7.12. The number of rotatable bonds is 18. The smallest absolute Gasteiger partial charge is 0.249 e. The van der Waals surface area contributed by atoms with E-state index in [0.29, 0.717) is 44.1 Å². The van der Waals surface area contributed by atoms with Crippen LogP contribution in [0.1, 0.15) is 50.7 Å². The summed E-state index contributed by atoms with van der Waals surface area (Å²) in [6.45, 7) is 3.98. The van der Waals surface area contributed by atoms with Crippen molar-refractivity contribution < 1.29 is 29.4 Å². The molecule has 5 atom stereocenters. The van der Waals surface area contributed by atoms with Crippen molar-refractivity contribution in [1.82, 2.24) is 16.0 Å². The van der Waals surface area contributed by atoms with Crippen LogP contribution in [0.3, 0.4) is 0 Å². The summed E-state index contributed by atoms with van der Waals surface area (Å²) in [5.74, 6) is -2.14. The number of aliphatic hydroxyl groups excluding tert-OH is 1. The number of hydrogen-bond donors (Lipinski definition) is 7. The molecule has 5 unspecified atom stereocenters. The number of nitrogens with zero attached hydrogens (tertiary/aromatic N) is 1. The number of phenols is 1. The maximum atomic E-state index is 13.6. The molecule has 12 nitrogen and oxygen atoms in total. The zero-order chi connectivity index (χ0) is 31.8. The lowest BCUT2D eigenvalue weighted by atomic mass is 9.96. The first-order valence-electron chi connectivity index (χ1n) is 14.5. The summed E-state index contributed by atoms with van der Waals surface area (Å²) in [7, 11) is 0. The number of phenolic OH excluding ortho intramolecular Hbond substituents is 1. The van der Waals surface area contributed by atoms with Gasteiger partial charge in [0.15, 0.2) is 5.96 Å². The maximum Gasteiger partial charge on any atom is 0.249 e. The number of nitrogens with two attached hydrogens (primary N) is 2. The molecule has 0 radical (unpaired) electrons. The molecular formula is C31H44N6O6. The predicted molar refractivity (Wildman–Crippen MR) is 164 cm³/mol. The molecule has 0 bridgehead atoms. The van der Waals surface area contributed by atoms with Crippen LogP contribution in [0.2, 0.25) is 0 Å². The minimum absolute atomic E-state index is 0.0205. The summed E-state index contributed by atoms with van der Waals surface area (Å²) in [6.07, 6.45) is 1.15. The van der Waals surface area contributed by atoms with Crippen LogP contribution in [0.4, 0.5) is 0 Å². The maximum absolute atomic E-state index is 13.6. The van der Waals surface area contributed by atoms with E-state index in [1.807, 2.05) is 37.3 Å². The Bertz CT molecular complexity index is 1200. The van der Waals surface area contributed by atoms with Crippen LogP contribution in [0.15, 0.2) is 59.6 Å². The Morgan fingerprint density at radius 1 is 0.907 bits per heavy atom. The van der Waals surface area contributed by atoms with Crippen LogP contribution < -0.4 is 27.4 Å². The predicted octanol–water partition coefficient (Wildman–Crippen LogP) is 0.681. The molecular weight excluding hydrogens is 552 g/mol. The fourth-order valence-electron chi connectivity index (χ4n) is 4.36. The van der Waals surface area contributed by atoms with Crippen molar-refractivity contribution in [2.45, 2.75) is 76.6 Å². The second-order valence-corrected chi connectivity index (χ2v) is 10.5. The van der Waals surface area contributed by atoms with E-state index >= 15 is 0 Å². The van der Waals surface area contributed by atoms with Crippen molar-refractivity contribution in [3.63, 3.8) is 0 Å². The summed E-state index contributed by atoms with van der Waals surface area (Å²) in [5.41, 5.74) is 12.2. The average molecular weight is 597 g/mol. The minimum atomic E-state index is -1.45. The van der Waals surface area contributed by atoms with Crippen molar-refractivity contribution in [1.29, 1.82) is 0 Å². The zero-order valence-corrected chi connectivity index (χ0v) is 24.7. The highest BCUT2D eigenvalue weighted by atomic mass is 16.3. The number of aryl methyl sites for hydroxylation is 1. The van der Waals surface area contributed by atoms with Gasteiger partial charge in [-0.2, -0.15) is 0 Å². The molecule has 2 aromatic rings. The molecule has 0 heterocycles. The lowest BCUT2D eigenvalue weighted by Crippen LogP contribution is -2.58. The monoisotopic (exact) mass is 596 g/mol. The van der Waals surface area contributed by atoms with E-state index in [4.69, 9.17) is 11.5 Å². The van der Waals surface area contributed by atoms with E-state index in [0.717, 1.165) is 5.56 Å². The topological polar surface area (TPSA) is 209 Å². The number of aldehydes is 1. The molecule has 3 amide bonds. The lowest BCUT2D eigenvalue weighted by molar-refractivity contribution is -0.136. The van der Waals surface area contributed by atoms with Gasteiger partial charge < -0.3 is 42.4 Å². The zero-order valence-electron chi connectivity index (χ0n) is 24.7. The molecule has 2 rings (SSSR count). The minimum Gasteiger partial charge on any atom is -0.508 e. The first-order chi connectivity index (χ1) is 20.5. The number of amides is 3. The highest BCUT2D eigenvalue weighted by molar-refractivity contribution is 5.93. The van der Waals surface area contributed by atoms with E-state index in [9.17, 15) is 29.4 Å². The summed E-state index contributed by atoms with van der Waals surface area (Å²) in [4.78, 5) is 55.3. The van der Waals surface area contributed by atoms with E-state index in [1.54, 1.807) is 19.1 Å². The Morgan fingerprint density at radius 3 is 2.19 bits per heavy atom. The first kappa shape index (κ1) is 34.7. The van der Waals surface area contributed by atoms with Gasteiger partial charge in [-0.3, -0.25) is 19.4 Å². The van der Waals surface area contributed by atoms with Gasteiger partial charge in [0.05, 0.1) is 6.04 Å². The molecule has 0 saturated carbocycles. The molecule has 2 aromatic carbocycles. The fraction of sp³-hybridized carbons (Fsp3) is 0.452. The summed E-state index contributed by atoms with van der Waals surface area (Å²) < 4.78 is 0. The third kappa shape index (κ3) is 12.5. The molecule has 0 aliphatic rings. The van der Waals surface area contributed by atoms with Crippen molar-refractivity contribution in [2.75, 3.05) is 6.54 Å². The number of aliphatic imine (C=N–C) groups is 1. The molecule has 0 aliphatic carbocycles. The number of benzene rings is 2. The Hall–Kier alpha value is -4.45. The highest BCUT2D eigenvalue weighted by Gasteiger charge is 2.31. The Labute approximate surface area is 252 Å². The molecule has 12 heteroatoms. The van der Waals surface area contributed by atoms with E-state index in [2.05, 4.69) is 20.9 Å². The van der Waals surface area contributed by atoms with Gasteiger partial charge >= 0.3 is 0 Å². The van der Waals surface area contributed by atoms with E-state index in [1.165, 1.54) is 12.1 Å². The number of aliphatic hydroxyl groups is 1. The van der Waals surface area contributed by atoms with Crippen molar-refractivity contribution in [3.05, 3.63) is 65.7 Å². The van der Waals surface area contributed by atoms with Crippen LogP contribution in [0.5, 0.6) is 5.75 Å². The van der Waals surface area contributed by atoms with Gasteiger partial charge in [-0.25, -0.2) is 0 Å². The van der Waals surface area contributed by atoms with Crippen LogP contribution in [0, 0.1) is 5.92 Å². The largest absolute Gasteiger partial charge is 0.508 e. The molecule has 234 valence electrons. The van der Waals surface area contributed by atoms with Gasteiger partial charge in [0, 0.05) is 13.0 Å². The fourth-order valence-corrected chi connectivity index (χ4v) is 4.36. The van der Waals surface area contributed by atoms with Gasteiger partial charge in [0.2, 0.25) is 17.7 Å². The summed E-state index contributed by atoms with van der Waals surface area (Å²) >= 11 is 0. The number of aromatic hydroxyl groups is 1. The molecule has 0 aliphatic heterocycles. The van der Waals surface area contributed by atoms with Gasteiger partial charge in [0.1, 0.15) is 30.2 Å². The number of carbonyl (C=O) groups excluding carboxylic acids is 4. The molecule has 43 heavy (non-hydrogen) atoms. The number of hydrogen-bond acceptors (Lipinski definition) is 7. The molecule has 0 spiro atoms. The van der Waals surface area contributed by atoms with Crippen molar-refractivity contribution >= 4 is 30.0 Å². The highest BCUT2D eigenvalue weighted by Crippen LogP contribution is 2.13. The second-order valence-electron chi connectivity index (χ2n) is 10.5. The van der Waals surface area contributed by atoms with E-state index < -0.39 is 42.0 Å². The Kier molecular flexibility index (Phi) is 14.7. The van der Waals surface area contributed by atoms with Gasteiger partial charge in [0.25, 0.3) is 0 Å². The van der Waals surface area contributed by atoms with E-state index in [-0.39, 0.29) is 30.5 Å². The Balaban J connectivity index is 2.15. The van der Waals surface area contributed by atoms with Gasteiger partial charge in [-0.15, -0.1) is 0 Å². The molecule has 0 saturated heterocycles. The summed E-state index contributed by atoms with van der Waals surface area (Å²) in [5, 5.41) is 28.2. The SMILES string of the molecule is CCC(C)C(NC(=O)C(CCc1ccccc1)NC(=O)C(O)Cc1ccc(O)cc1)C(=O)NC(C=O)CCCN=C(N)N. The van der Waals surface area contributed by atoms with Crippen LogP contribution in [0.25, 0.3) is 0 Å². The Morgan fingerprint density at radius 2 is 1.58 bits per heavy atom. The third-order valence-electron chi connectivity index (χ3n) is 7.12. The normalized spacial score (nSPS) is 14.3. The molecule has 9 N–H and O–H groups in total. The van der Waals surface area contributed by atoms with Crippen molar-refractivity contribution in [3.8, 4) is 5.75 Å². The van der Waals surface area contributed by atoms with Gasteiger partial charge in [-0.05, 0) is 54.9 Å². The number of guanidine groups is 1. The molecule has 0 aromatic heterocycles. The quantitative estimate of drug-likeness (QED) is 0.0562. The second kappa shape index (κ2) is 18.2. The van der Waals surface area contributed by atoms with Gasteiger partial charge in [-0.1, -0.05) is 62.7 Å². The standard InChI is InChI=1S/C31H44N6O6/c1-3-20(2)27(30(43)35-23(19-38)10-7-17-34-31(32)33)37-28(41)25(16-13-21-8-5-4-6-9-21)36-29(42)26(40)18-22-11-14-24(39)15-12-22/h4-6,8-9,11-12,14-15,19-20,23,25-27,39-40H,3,7,10,13,16-18H2,1-2H3,(H,35,43)(H,36,42)(H,37,41)(H4,32,33,34).